The van der Waals surface area contributed by atoms with Crippen LogP contribution < -0.4 is 16.0 Å². The van der Waals surface area contributed by atoms with Crippen LogP contribution in [0.1, 0.15) is 77.0 Å². The van der Waals surface area contributed by atoms with Gasteiger partial charge in [0.2, 0.25) is 17.7 Å². The fourth-order valence-electron chi connectivity index (χ4n) is 5.33. The highest BCUT2D eigenvalue weighted by Gasteiger charge is 2.31. The summed E-state index contributed by atoms with van der Waals surface area (Å²) in [4.78, 5) is 51.3. The summed E-state index contributed by atoms with van der Waals surface area (Å²) in [5.41, 5.74) is 0. The van der Waals surface area contributed by atoms with Crippen LogP contribution in [0.25, 0.3) is 0 Å². The van der Waals surface area contributed by atoms with Crippen molar-refractivity contribution in [1.29, 1.82) is 0 Å². The number of carboxylic acids is 1. The van der Waals surface area contributed by atoms with Crippen molar-refractivity contribution >= 4 is 23.7 Å². The fraction of sp³-hybridized carbons (Fsp3) is 0.833. The normalized spacial score (nSPS) is 23.5. The fourth-order valence-corrected chi connectivity index (χ4v) is 5.33. The van der Waals surface area contributed by atoms with E-state index >= 15 is 0 Å². The lowest BCUT2D eigenvalue weighted by atomic mass is 9.88. The van der Waals surface area contributed by atoms with Gasteiger partial charge < -0.3 is 26.0 Å². The molecular weight excluding hydrogens is 424 g/mol. The Morgan fingerprint density at radius 3 is 2.18 bits per heavy atom. The molecule has 3 rings (SSSR count). The minimum absolute atomic E-state index is 0.0960. The second-order valence-electron chi connectivity index (χ2n) is 9.91. The second kappa shape index (κ2) is 12.9. The van der Waals surface area contributed by atoms with E-state index in [0.717, 1.165) is 70.9 Å². The molecule has 186 valence electrons. The molecule has 33 heavy (non-hydrogen) atoms. The zero-order chi connectivity index (χ0) is 23.6. The number of carbonyl (C=O) groups is 4. The molecule has 3 aliphatic rings. The number of nitrogens with one attached hydrogen (secondary N) is 3. The maximum atomic E-state index is 12.9. The largest absolute Gasteiger partial charge is 0.481 e. The van der Waals surface area contributed by atoms with Crippen LogP contribution in [-0.4, -0.2) is 66.0 Å². The van der Waals surface area contributed by atoms with E-state index in [4.69, 9.17) is 0 Å². The Kier molecular flexibility index (Phi) is 9.96. The first-order chi connectivity index (χ1) is 15.9. The lowest BCUT2D eigenvalue weighted by molar-refractivity contribution is -0.138. The van der Waals surface area contributed by atoms with E-state index in [2.05, 4.69) is 16.0 Å². The number of hydrogen-bond donors (Lipinski definition) is 4. The Hall–Kier alpha value is -2.16. The van der Waals surface area contributed by atoms with Crippen molar-refractivity contribution in [3.05, 3.63) is 0 Å². The van der Waals surface area contributed by atoms with Gasteiger partial charge in [0.15, 0.2) is 0 Å². The van der Waals surface area contributed by atoms with Crippen molar-refractivity contribution in [2.24, 2.45) is 17.8 Å². The van der Waals surface area contributed by atoms with Crippen LogP contribution in [0.5, 0.6) is 0 Å². The average Bonchev–Trinajstić information content (AvgIpc) is 2.83. The molecule has 2 aliphatic heterocycles. The summed E-state index contributed by atoms with van der Waals surface area (Å²) in [6.45, 7) is 3.04. The lowest BCUT2D eigenvalue weighted by Gasteiger charge is -2.33. The molecule has 2 saturated heterocycles. The second-order valence-corrected chi connectivity index (χ2v) is 9.91. The minimum atomic E-state index is -1.08. The van der Waals surface area contributed by atoms with E-state index in [-0.39, 0.29) is 36.0 Å². The minimum Gasteiger partial charge on any atom is -0.481 e. The van der Waals surface area contributed by atoms with Crippen LogP contribution in [0.4, 0.5) is 0 Å². The molecular formula is C24H40N4O5. The van der Waals surface area contributed by atoms with Crippen molar-refractivity contribution in [2.75, 3.05) is 26.2 Å². The van der Waals surface area contributed by atoms with Crippen LogP contribution in [-0.2, 0) is 19.2 Å². The highest BCUT2D eigenvalue weighted by Crippen LogP contribution is 2.24. The van der Waals surface area contributed by atoms with Gasteiger partial charge in [-0.1, -0.05) is 19.3 Å². The number of nitrogens with zero attached hydrogens (tertiary/aromatic N) is 1. The van der Waals surface area contributed by atoms with Gasteiger partial charge in [-0.3, -0.25) is 19.2 Å². The molecule has 0 unspecified atom stereocenters. The zero-order valence-electron chi connectivity index (χ0n) is 19.7. The summed E-state index contributed by atoms with van der Waals surface area (Å²) in [5.74, 6) is -1.37. The highest BCUT2D eigenvalue weighted by atomic mass is 16.4. The van der Waals surface area contributed by atoms with Gasteiger partial charge in [0.05, 0.1) is 12.3 Å². The van der Waals surface area contributed by atoms with E-state index in [1.807, 2.05) is 0 Å². The van der Waals surface area contributed by atoms with Gasteiger partial charge in [-0.15, -0.1) is 0 Å². The van der Waals surface area contributed by atoms with E-state index in [1.165, 1.54) is 0 Å². The topological polar surface area (TPSA) is 128 Å². The molecule has 9 nitrogen and oxygen atoms in total. The zero-order valence-corrected chi connectivity index (χ0v) is 19.7. The maximum Gasteiger partial charge on any atom is 0.307 e. The smallest absolute Gasteiger partial charge is 0.307 e. The molecule has 0 spiro atoms. The van der Waals surface area contributed by atoms with Crippen LogP contribution in [0.3, 0.4) is 0 Å². The number of rotatable bonds is 9. The Bertz CT molecular complexity index is 688. The summed E-state index contributed by atoms with van der Waals surface area (Å²) >= 11 is 0. The van der Waals surface area contributed by atoms with Gasteiger partial charge in [-0.2, -0.15) is 0 Å². The van der Waals surface area contributed by atoms with E-state index in [0.29, 0.717) is 31.8 Å². The number of aliphatic carboxylic acids is 1. The number of piperidine rings is 2. The molecule has 9 heteroatoms. The molecule has 0 radical (unpaired) electrons. The monoisotopic (exact) mass is 464 g/mol. The van der Waals surface area contributed by atoms with Gasteiger partial charge in [-0.05, 0) is 64.0 Å². The van der Waals surface area contributed by atoms with Gasteiger partial charge in [0.25, 0.3) is 0 Å². The van der Waals surface area contributed by atoms with Gasteiger partial charge >= 0.3 is 5.97 Å². The van der Waals surface area contributed by atoms with Crippen LogP contribution in [0.2, 0.25) is 0 Å². The molecule has 0 aromatic rings. The number of likely N-dealkylation sites (tertiary alicyclic amines) is 1. The van der Waals surface area contributed by atoms with Crippen LogP contribution >= 0.6 is 0 Å². The SMILES string of the molecule is O=C(O)C[C@@H](NC(=O)C1CCCCC1)NC(=O)[C@@H]1CCCN(C(=O)CCC2CCNCC2)C1. The third-order valence-electron chi connectivity index (χ3n) is 7.36. The number of amides is 3. The summed E-state index contributed by atoms with van der Waals surface area (Å²) in [5, 5.41) is 18.1. The van der Waals surface area contributed by atoms with Crippen molar-refractivity contribution in [3.8, 4) is 0 Å². The molecule has 1 saturated carbocycles. The first kappa shape index (κ1) is 25.5. The third-order valence-corrected chi connectivity index (χ3v) is 7.36. The first-order valence-electron chi connectivity index (χ1n) is 12.7. The van der Waals surface area contributed by atoms with Gasteiger partial charge in [0, 0.05) is 25.4 Å². The molecule has 1 aliphatic carbocycles. The van der Waals surface area contributed by atoms with Crippen molar-refractivity contribution < 1.29 is 24.3 Å². The Morgan fingerprint density at radius 2 is 1.52 bits per heavy atom. The standard InChI is InChI=1S/C24H40N4O5/c29-21(9-8-17-10-12-25-13-11-17)28-14-4-7-19(16-28)24(33)27-20(15-22(30)31)26-23(32)18-5-2-1-3-6-18/h17-20,25H,1-16H2,(H,26,32)(H,27,33)(H,30,31)/t19-,20+/m1/s1. The van der Waals surface area contributed by atoms with Crippen molar-refractivity contribution in [2.45, 2.75) is 83.2 Å². The van der Waals surface area contributed by atoms with E-state index in [1.54, 1.807) is 4.90 Å². The van der Waals surface area contributed by atoms with Crippen molar-refractivity contribution in [3.63, 3.8) is 0 Å². The van der Waals surface area contributed by atoms with E-state index in [9.17, 15) is 24.3 Å². The average molecular weight is 465 g/mol. The summed E-state index contributed by atoms with van der Waals surface area (Å²) < 4.78 is 0. The maximum absolute atomic E-state index is 12.9. The van der Waals surface area contributed by atoms with Crippen LogP contribution in [0, 0.1) is 17.8 Å². The Balaban J connectivity index is 1.48. The van der Waals surface area contributed by atoms with E-state index < -0.39 is 12.1 Å². The number of hydrogen-bond acceptors (Lipinski definition) is 5. The molecule has 0 bridgehead atoms. The van der Waals surface area contributed by atoms with Gasteiger partial charge in [-0.25, -0.2) is 0 Å². The molecule has 3 amide bonds. The lowest BCUT2D eigenvalue weighted by Crippen LogP contribution is -2.54. The predicted octanol–water partition coefficient (Wildman–Crippen LogP) is 1.62. The number of carboxylic acid groups (broad SMARTS) is 1. The van der Waals surface area contributed by atoms with Gasteiger partial charge in [0.1, 0.15) is 6.17 Å². The molecule has 0 aromatic heterocycles. The Morgan fingerprint density at radius 1 is 0.879 bits per heavy atom. The van der Waals surface area contributed by atoms with Crippen LogP contribution in [0.15, 0.2) is 0 Å². The highest BCUT2D eigenvalue weighted by molar-refractivity contribution is 5.84. The van der Waals surface area contributed by atoms with Crippen molar-refractivity contribution in [1.82, 2.24) is 20.9 Å². The quantitative estimate of drug-likeness (QED) is 0.384. The summed E-state index contributed by atoms with van der Waals surface area (Å²) in [7, 11) is 0. The Labute approximate surface area is 196 Å². The number of carbonyl (C=O) groups excluding carboxylic acids is 3. The molecule has 3 fully saturated rings. The first-order valence-corrected chi connectivity index (χ1v) is 12.7. The summed E-state index contributed by atoms with van der Waals surface area (Å²) in [6, 6.07) is 0. The molecule has 2 heterocycles. The molecule has 0 aromatic carbocycles. The molecule has 2 atom stereocenters. The predicted molar refractivity (Wildman–Crippen MR) is 123 cm³/mol. The summed E-state index contributed by atoms with van der Waals surface area (Å²) in [6.07, 6.45) is 8.43. The molecule has 4 N–H and O–H groups in total. The third kappa shape index (κ3) is 8.28.